The molecule has 3 heterocycles. The van der Waals surface area contributed by atoms with Gasteiger partial charge in [-0.3, -0.25) is 14.4 Å². The number of carboxylic acid groups (broad SMARTS) is 2. The van der Waals surface area contributed by atoms with E-state index in [-0.39, 0.29) is 33.7 Å². The second-order valence-electron chi connectivity index (χ2n) is 9.93. The summed E-state index contributed by atoms with van der Waals surface area (Å²) >= 11 is 1.31. The summed E-state index contributed by atoms with van der Waals surface area (Å²) in [5, 5.41) is 35.0. The summed E-state index contributed by atoms with van der Waals surface area (Å²) in [7, 11) is 2.97. The van der Waals surface area contributed by atoms with E-state index in [1.807, 2.05) is 6.92 Å². The predicted octanol–water partition coefficient (Wildman–Crippen LogP) is 0.643. The molecule has 204 valence electrons. The lowest BCUT2D eigenvalue weighted by atomic mass is 9.79. The first-order valence-corrected chi connectivity index (χ1v) is 13.0. The van der Waals surface area contributed by atoms with E-state index in [1.54, 1.807) is 0 Å². The number of aromatic carboxylic acids is 1. The number of carbonyl (C=O) groups excluding carboxylic acids is 3. The number of aliphatic carboxylic acids is 1. The molecular weight excluding hydrogens is 516 g/mol. The van der Waals surface area contributed by atoms with Crippen molar-refractivity contribution in [1.29, 1.82) is 0 Å². The minimum Gasteiger partial charge on any atom is -0.478 e. The van der Waals surface area contributed by atoms with Crippen LogP contribution < -0.4 is 10.6 Å². The fourth-order valence-corrected chi connectivity index (χ4v) is 6.84. The van der Waals surface area contributed by atoms with Crippen LogP contribution in [0.1, 0.15) is 41.0 Å². The molecule has 1 aromatic rings. The molecule has 0 bridgehead atoms. The summed E-state index contributed by atoms with van der Waals surface area (Å²) in [5.74, 6) is -4.87. The standard InChI is InChI=1S/C25H30N4O8S/c1-10-18-16(11(2)30)23(33)29(18)19(25(36)37)20(10)38-12-8-15(26-9-12)21(31)27-14-7-5-6-13(24(34)35)17(14)22(32)28(3)4/h5-7,10-12,15-16,18,26,30H,8-9H2,1-4H3,(H,27,31)(H,34,35)(H,36,37). The highest BCUT2D eigenvalue weighted by Crippen LogP contribution is 2.51. The molecule has 1 aromatic carbocycles. The van der Waals surface area contributed by atoms with Crippen molar-refractivity contribution in [3.8, 4) is 0 Å². The molecule has 0 saturated carbocycles. The molecular formula is C25H30N4O8S. The zero-order valence-corrected chi connectivity index (χ0v) is 22.1. The number of β-lactam (4-membered cyclic amide) rings is 1. The molecule has 3 aliphatic heterocycles. The van der Waals surface area contributed by atoms with Gasteiger partial charge in [0.25, 0.3) is 5.91 Å². The van der Waals surface area contributed by atoms with Gasteiger partial charge in [-0.15, -0.1) is 11.8 Å². The van der Waals surface area contributed by atoms with Gasteiger partial charge in [-0.2, -0.15) is 0 Å². The quantitative estimate of drug-likeness (QED) is 0.291. The molecule has 5 N–H and O–H groups in total. The Kier molecular flexibility index (Phi) is 7.55. The second-order valence-corrected chi connectivity index (χ2v) is 11.3. The number of thioether (sulfide) groups is 1. The number of carboxylic acids is 2. The maximum atomic E-state index is 13.1. The summed E-state index contributed by atoms with van der Waals surface area (Å²) in [5.41, 5.74) is -0.342. The molecule has 3 aliphatic rings. The zero-order valence-electron chi connectivity index (χ0n) is 21.3. The van der Waals surface area contributed by atoms with Crippen LogP contribution in [0, 0.1) is 11.8 Å². The third-order valence-electron chi connectivity index (χ3n) is 7.18. The van der Waals surface area contributed by atoms with Crippen LogP contribution in [0.2, 0.25) is 0 Å². The number of benzene rings is 1. The van der Waals surface area contributed by atoms with Crippen LogP contribution in [-0.2, 0) is 14.4 Å². The maximum absolute atomic E-state index is 13.1. The van der Waals surface area contributed by atoms with Crippen LogP contribution in [0.5, 0.6) is 0 Å². The molecule has 0 aliphatic carbocycles. The van der Waals surface area contributed by atoms with Gasteiger partial charge in [0.15, 0.2) is 0 Å². The number of aliphatic hydroxyl groups is 1. The molecule has 0 spiro atoms. The van der Waals surface area contributed by atoms with Gasteiger partial charge in [0, 0.05) is 36.7 Å². The SMILES string of the molecule is CC(O)C1C(=O)N2C(C(=O)O)=C(SC3CNC(C(=O)Nc4cccc(C(=O)O)c4C(=O)N(C)C)C3)C(C)C12. The van der Waals surface area contributed by atoms with Crippen molar-refractivity contribution in [3.63, 3.8) is 0 Å². The average Bonchev–Trinajstić information content (AvgIpc) is 3.40. The number of nitrogens with one attached hydrogen (secondary N) is 2. The van der Waals surface area contributed by atoms with Gasteiger partial charge < -0.3 is 35.8 Å². The molecule has 4 rings (SSSR count). The van der Waals surface area contributed by atoms with E-state index in [1.165, 1.54) is 60.8 Å². The Labute approximate surface area is 223 Å². The van der Waals surface area contributed by atoms with Crippen molar-refractivity contribution in [2.45, 2.75) is 43.7 Å². The van der Waals surface area contributed by atoms with Gasteiger partial charge in [0.2, 0.25) is 11.8 Å². The van der Waals surface area contributed by atoms with E-state index in [4.69, 9.17) is 0 Å². The number of amides is 3. The van der Waals surface area contributed by atoms with Crippen LogP contribution in [0.15, 0.2) is 28.8 Å². The predicted molar refractivity (Wildman–Crippen MR) is 137 cm³/mol. The highest BCUT2D eigenvalue weighted by Gasteiger charge is 2.60. The Morgan fingerprint density at radius 3 is 2.45 bits per heavy atom. The monoisotopic (exact) mass is 546 g/mol. The van der Waals surface area contributed by atoms with Gasteiger partial charge in [-0.25, -0.2) is 9.59 Å². The molecule has 6 unspecified atom stereocenters. The van der Waals surface area contributed by atoms with E-state index in [0.717, 1.165) is 0 Å². The number of nitrogens with zero attached hydrogens (tertiary/aromatic N) is 2. The number of fused-ring (bicyclic) bond motifs is 1. The van der Waals surface area contributed by atoms with Gasteiger partial charge >= 0.3 is 11.9 Å². The summed E-state index contributed by atoms with van der Waals surface area (Å²) in [6.45, 7) is 3.75. The molecule has 0 aromatic heterocycles. The van der Waals surface area contributed by atoms with Crippen LogP contribution in [0.4, 0.5) is 5.69 Å². The van der Waals surface area contributed by atoms with Crippen LogP contribution in [0.25, 0.3) is 0 Å². The van der Waals surface area contributed by atoms with E-state index < -0.39 is 53.8 Å². The number of hydrogen-bond donors (Lipinski definition) is 5. The van der Waals surface area contributed by atoms with E-state index in [9.17, 15) is 39.3 Å². The largest absolute Gasteiger partial charge is 0.478 e. The van der Waals surface area contributed by atoms with Gasteiger partial charge in [0.05, 0.1) is 40.9 Å². The van der Waals surface area contributed by atoms with Gasteiger partial charge in [-0.1, -0.05) is 13.0 Å². The first-order valence-electron chi connectivity index (χ1n) is 12.1. The highest BCUT2D eigenvalue weighted by atomic mass is 32.2. The first kappa shape index (κ1) is 27.6. The summed E-state index contributed by atoms with van der Waals surface area (Å²) in [4.78, 5) is 65.1. The van der Waals surface area contributed by atoms with Crippen LogP contribution in [0.3, 0.4) is 0 Å². The normalized spacial score (nSPS) is 27.0. The zero-order chi connectivity index (χ0) is 28.0. The fourth-order valence-electron chi connectivity index (χ4n) is 5.36. The number of hydrogen-bond acceptors (Lipinski definition) is 8. The molecule has 2 fully saturated rings. The highest BCUT2D eigenvalue weighted by molar-refractivity contribution is 8.03. The van der Waals surface area contributed by atoms with Crippen molar-refractivity contribution in [2.75, 3.05) is 26.0 Å². The third-order valence-corrected chi connectivity index (χ3v) is 8.70. The van der Waals surface area contributed by atoms with Crippen molar-refractivity contribution < 1.29 is 39.3 Å². The Morgan fingerprint density at radius 1 is 1.18 bits per heavy atom. The smallest absolute Gasteiger partial charge is 0.353 e. The Hall–Kier alpha value is -3.42. The number of rotatable bonds is 8. The molecule has 13 heteroatoms. The molecule has 3 amide bonds. The molecule has 6 atom stereocenters. The van der Waals surface area contributed by atoms with E-state index >= 15 is 0 Å². The molecule has 12 nitrogen and oxygen atoms in total. The van der Waals surface area contributed by atoms with Crippen molar-refractivity contribution in [2.24, 2.45) is 11.8 Å². The lowest BCUT2D eigenvalue weighted by Gasteiger charge is -2.46. The Balaban J connectivity index is 1.49. The minimum absolute atomic E-state index is 0.0698. The fraction of sp³-hybridized carbons (Fsp3) is 0.480. The van der Waals surface area contributed by atoms with Crippen molar-refractivity contribution in [1.82, 2.24) is 15.1 Å². The number of carbonyl (C=O) groups is 5. The molecule has 2 saturated heterocycles. The number of anilines is 1. The van der Waals surface area contributed by atoms with Crippen molar-refractivity contribution >= 4 is 47.1 Å². The first-order chi connectivity index (χ1) is 17.8. The Morgan fingerprint density at radius 2 is 1.87 bits per heavy atom. The average molecular weight is 547 g/mol. The summed E-state index contributed by atoms with van der Waals surface area (Å²) in [6.07, 6.45) is -0.552. The molecule has 38 heavy (non-hydrogen) atoms. The van der Waals surface area contributed by atoms with Gasteiger partial charge in [0.1, 0.15) is 5.70 Å². The maximum Gasteiger partial charge on any atom is 0.353 e. The third kappa shape index (κ3) is 4.65. The Bertz CT molecular complexity index is 1250. The van der Waals surface area contributed by atoms with Gasteiger partial charge in [-0.05, 0) is 25.5 Å². The minimum atomic E-state index is -1.30. The second kappa shape index (κ2) is 10.4. The van der Waals surface area contributed by atoms with Crippen LogP contribution in [-0.4, -0.2) is 98.9 Å². The summed E-state index contributed by atoms with van der Waals surface area (Å²) in [6, 6.07) is 3.11. The topological polar surface area (TPSA) is 177 Å². The lowest BCUT2D eigenvalue weighted by molar-refractivity contribution is -0.163. The van der Waals surface area contributed by atoms with Crippen LogP contribution >= 0.6 is 11.8 Å². The summed E-state index contributed by atoms with van der Waals surface area (Å²) < 4.78 is 0. The number of aliphatic hydroxyl groups excluding tert-OH is 1. The molecule has 0 radical (unpaired) electrons. The van der Waals surface area contributed by atoms with E-state index in [0.29, 0.717) is 17.9 Å². The van der Waals surface area contributed by atoms with E-state index in [2.05, 4.69) is 10.6 Å². The van der Waals surface area contributed by atoms with Crippen molar-refractivity contribution in [3.05, 3.63) is 39.9 Å². The lowest BCUT2D eigenvalue weighted by Crippen LogP contribution is -2.63.